The van der Waals surface area contributed by atoms with Crippen LogP contribution in [0.15, 0.2) is 29.6 Å². The van der Waals surface area contributed by atoms with Gasteiger partial charge in [-0.3, -0.25) is 0 Å². The van der Waals surface area contributed by atoms with Gasteiger partial charge in [0.1, 0.15) is 0 Å². The predicted molar refractivity (Wildman–Crippen MR) is 64.3 cm³/mol. The minimum atomic E-state index is 0.506. The molecule has 0 aliphatic carbocycles. The lowest BCUT2D eigenvalue weighted by molar-refractivity contribution is 0.982. The Morgan fingerprint density at radius 3 is 2.93 bits per heavy atom. The quantitative estimate of drug-likeness (QED) is 0.893. The molecule has 78 valence electrons. The molecule has 1 aromatic heterocycles. The summed E-state index contributed by atoms with van der Waals surface area (Å²) in [5.41, 5.74) is 7.64. The molecule has 15 heavy (non-hydrogen) atoms. The summed E-state index contributed by atoms with van der Waals surface area (Å²) in [6.45, 7) is 0.506. The summed E-state index contributed by atoms with van der Waals surface area (Å²) >= 11 is 7.55. The molecule has 1 heterocycles. The summed E-state index contributed by atoms with van der Waals surface area (Å²) < 4.78 is 0. The molecule has 2 rings (SSSR count). The van der Waals surface area contributed by atoms with Crippen molar-refractivity contribution in [3.63, 3.8) is 0 Å². The standard InChI is InChI=1S/C11H11ClN2S/c12-9-3-1-2-8(4-9)5-11-14-10(6-13)7-15-11/h1-4,7H,5-6,13H2. The smallest absolute Gasteiger partial charge is 0.0972 e. The Morgan fingerprint density at radius 1 is 1.40 bits per heavy atom. The number of rotatable bonds is 3. The van der Waals surface area contributed by atoms with E-state index in [9.17, 15) is 0 Å². The molecule has 2 nitrogen and oxygen atoms in total. The molecule has 0 fully saturated rings. The van der Waals surface area contributed by atoms with Crippen LogP contribution in [0.1, 0.15) is 16.3 Å². The number of halogens is 1. The molecule has 0 radical (unpaired) electrons. The third-order valence-electron chi connectivity index (χ3n) is 2.05. The Labute approximate surface area is 97.7 Å². The molecule has 0 aliphatic heterocycles. The monoisotopic (exact) mass is 238 g/mol. The third-order valence-corrected chi connectivity index (χ3v) is 3.19. The Bertz CT molecular complexity index is 453. The van der Waals surface area contributed by atoms with Crippen LogP contribution in [0.2, 0.25) is 5.02 Å². The molecule has 0 aliphatic rings. The van der Waals surface area contributed by atoms with E-state index in [2.05, 4.69) is 11.1 Å². The fourth-order valence-corrected chi connectivity index (χ4v) is 2.40. The molecular formula is C11H11ClN2S. The van der Waals surface area contributed by atoms with Crippen molar-refractivity contribution in [1.29, 1.82) is 0 Å². The van der Waals surface area contributed by atoms with Crippen molar-refractivity contribution in [2.45, 2.75) is 13.0 Å². The molecule has 4 heteroatoms. The minimum absolute atomic E-state index is 0.506. The average Bonchev–Trinajstić information content (AvgIpc) is 2.65. The van der Waals surface area contributed by atoms with Gasteiger partial charge in [0.05, 0.1) is 10.7 Å². The molecule has 0 amide bonds. The van der Waals surface area contributed by atoms with Gasteiger partial charge in [-0.1, -0.05) is 23.7 Å². The van der Waals surface area contributed by atoms with Gasteiger partial charge in [0.15, 0.2) is 0 Å². The zero-order chi connectivity index (χ0) is 10.7. The number of benzene rings is 1. The second-order valence-electron chi connectivity index (χ2n) is 3.24. The summed E-state index contributed by atoms with van der Waals surface area (Å²) in [4.78, 5) is 4.40. The summed E-state index contributed by atoms with van der Waals surface area (Å²) in [7, 11) is 0. The van der Waals surface area contributed by atoms with E-state index in [1.165, 1.54) is 5.56 Å². The van der Waals surface area contributed by atoms with Crippen LogP contribution >= 0.6 is 22.9 Å². The van der Waals surface area contributed by atoms with E-state index < -0.39 is 0 Å². The Morgan fingerprint density at radius 2 is 2.27 bits per heavy atom. The van der Waals surface area contributed by atoms with Crippen LogP contribution < -0.4 is 5.73 Å². The van der Waals surface area contributed by atoms with Gasteiger partial charge in [-0.2, -0.15) is 0 Å². The largest absolute Gasteiger partial charge is 0.325 e. The van der Waals surface area contributed by atoms with Gasteiger partial charge in [-0.25, -0.2) is 4.98 Å². The zero-order valence-corrected chi connectivity index (χ0v) is 9.68. The maximum absolute atomic E-state index is 5.91. The van der Waals surface area contributed by atoms with Crippen molar-refractivity contribution in [3.8, 4) is 0 Å². The summed E-state index contributed by atoms with van der Waals surface area (Å²) in [5, 5.41) is 3.85. The fourth-order valence-electron chi connectivity index (χ4n) is 1.35. The molecule has 0 saturated heterocycles. The van der Waals surface area contributed by atoms with E-state index in [1.54, 1.807) is 11.3 Å². The first-order chi connectivity index (χ1) is 7.28. The van der Waals surface area contributed by atoms with Crippen molar-refractivity contribution in [2.75, 3.05) is 0 Å². The van der Waals surface area contributed by atoms with Crippen molar-refractivity contribution in [3.05, 3.63) is 50.9 Å². The SMILES string of the molecule is NCc1csc(Cc2cccc(Cl)c2)n1. The van der Waals surface area contributed by atoms with E-state index in [0.717, 1.165) is 22.1 Å². The van der Waals surface area contributed by atoms with Crippen LogP contribution in [0.5, 0.6) is 0 Å². The Hall–Kier alpha value is -0.900. The highest BCUT2D eigenvalue weighted by Gasteiger charge is 2.02. The topological polar surface area (TPSA) is 38.9 Å². The van der Waals surface area contributed by atoms with Crippen molar-refractivity contribution >= 4 is 22.9 Å². The molecule has 0 bridgehead atoms. The zero-order valence-electron chi connectivity index (χ0n) is 8.11. The lowest BCUT2D eigenvalue weighted by Crippen LogP contribution is -1.96. The number of nitrogens with two attached hydrogens (primary N) is 1. The van der Waals surface area contributed by atoms with Gasteiger partial charge < -0.3 is 5.73 Å². The first-order valence-electron chi connectivity index (χ1n) is 4.65. The maximum Gasteiger partial charge on any atom is 0.0972 e. The number of hydrogen-bond donors (Lipinski definition) is 1. The van der Waals surface area contributed by atoms with Crippen molar-refractivity contribution in [1.82, 2.24) is 4.98 Å². The molecule has 0 atom stereocenters. The normalized spacial score (nSPS) is 10.5. The van der Waals surface area contributed by atoms with Crippen LogP contribution in [-0.4, -0.2) is 4.98 Å². The van der Waals surface area contributed by atoms with E-state index in [4.69, 9.17) is 17.3 Å². The van der Waals surface area contributed by atoms with Crippen LogP contribution in [0.25, 0.3) is 0 Å². The van der Waals surface area contributed by atoms with Gasteiger partial charge in [0, 0.05) is 23.4 Å². The van der Waals surface area contributed by atoms with Crippen LogP contribution in [0, 0.1) is 0 Å². The molecule has 0 spiro atoms. The molecular weight excluding hydrogens is 228 g/mol. The van der Waals surface area contributed by atoms with Crippen LogP contribution in [-0.2, 0) is 13.0 Å². The van der Waals surface area contributed by atoms with E-state index >= 15 is 0 Å². The summed E-state index contributed by atoms with van der Waals surface area (Å²) in [5.74, 6) is 0. The number of thiazole rings is 1. The molecule has 1 aromatic carbocycles. The maximum atomic E-state index is 5.91. The molecule has 0 saturated carbocycles. The van der Waals surface area contributed by atoms with Crippen LogP contribution in [0.3, 0.4) is 0 Å². The Kier molecular flexibility index (Phi) is 3.36. The summed E-state index contributed by atoms with van der Waals surface area (Å²) in [6.07, 6.45) is 0.825. The minimum Gasteiger partial charge on any atom is -0.325 e. The number of hydrogen-bond acceptors (Lipinski definition) is 3. The lowest BCUT2D eigenvalue weighted by Gasteiger charge is -1.98. The number of nitrogens with zero attached hydrogens (tertiary/aromatic N) is 1. The first kappa shape index (κ1) is 10.6. The van der Waals surface area contributed by atoms with Gasteiger partial charge in [0.25, 0.3) is 0 Å². The summed E-state index contributed by atoms with van der Waals surface area (Å²) in [6, 6.07) is 7.84. The fraction of sp³-hybridized carbons (Fsp3) is 0.182. The van der Waals surface area contributed by atoms with E-state index in [1.807, 2.05) is 23.6 Å². The van der Waals surface area contributed by atoms with Gasteiger partial charge >= 0.3 is 0 Å². The van der Waals surface area contributed by atoms with E-state index in [-0.39, 0.29) is 0 Å². The highest BCUT2D eigenvalue weighted by atomic mass is 35.5. The lowest BCUT2D eigenvalue weighted by atomic mass is 10.2. The second kappa shape index (κ2) is 4.75. The van der Waals surface area contributed by atoms with Crippen molar-refractivity contribution in [2.24, 2.45) is 5.73 Å². The highest BCUT2D eigenvalue weighted by Crippen LogP contribution is 2.17. The molecule has 0 unspecified atom stereocenters. The third kappa shape index (κ3) is 2.78. The highest BCUT2D eigenvalue weighted by molar-refractivity contribution is 7.09. The predicted octanol–water partition coefficient (Wildman–Crippen LogP) is 2.85. The van der Waals surface area contributed by atoms with Gasteiger partial charge in [-0.05, 0) is 17.7 Å². The Balaban J connectivity index is 2.14. The second-order valence-corrected chi connectivity index (χ2v) is 4.62. The van der Waals surface area contributed by atoms with Gasteiger partial charge in [0.2, 0.25) is 0 Å². The number of aromatic nitrogens is 1. The average molecular weight is 239 g/mol. The first-order valence-corrected chi connectivity index (χ1v) is 5.91. The molecule has 2 N–H and O–H groups in total. The van der Waals surface area contributed by atoms with E-state index in [0.29, 0.717) is 6.54 Å². The molecule has 2 aromatic rings. The van der Waals surface area contributed by atoms with Crippen LogP contribution in [0.4, 0.5) is 0 Å². The van der Waals surface area contributed by atoms with Crippen molar-refractivity contribution < 1.29 is 0 Å². The van der Waals surface area contributed by atoms with Gasteiger partial charge in [-0.15, -0.1) is 11.3 Å².